The van der Waals surface area contributed by atoms with E-state index in [0.717, 1.165) is 6.42 Å². The van der Waals surface area contributed by atoms with E-state index in [1.807, 2.05) is 0 Å². The van der Waals surface area contributed by atoms with Crippen LogP contribution in [0, 0.1) is 5.92 Å². The Bertz CT molecular complexity index is 594. The molecule has 3 rings (SSSR count). The highest BCUT2D eigenvalue weighted by Gasteiger charge is 2.30. The van der Waals surface area contributed by atoms with Gasteiger partial charge in [-0.1, -0.05) is 0 Å². The summed E-state index contributed by atoms with van der Waals surface area (Å²) in [6.07, 6.45) is 5.99. The Kier molecular flexibility index (Phi) is 4.69. The monoisotopic (exact) mass is 315 g/mol. The number of amides is 2. The topological polar surface area (TPSA) is 70.6 Å². The van der Waals surface area contributed by atoms with Gasteiger partial charge in [0.15, 0.2) is 5.78 Å². The summed E-state index contributed by atoms with van der Waals surface area (Å²) in [6.45, 7) is 2.02. The average molecular weight is 315 g/mol. The quantitative estimate of drug-likeness (QED) is 0.781. The first-order valence-corrected chi connectivity index (χ1v) is 8.15. The van der Waals surface area contributed by atoms with Crippen molar-refractivity contribution in [1.82, 2.24) is 14.8 Å². The van der Waals surface area contributed by atoms with Crippen molar-refractivity contribution >= 4 is 17.6 Å². The number of aromatic nitrogens is 1. The summed E-state index contributed by atoms with van der Waals surface area (Å²) < 4.78 is 0. The van der Waals surface area contributed by atoms with Crippen LogP contribution in [0.2, 0.25) is 0 Å². The number of likely N-dealkylation sites (tertiary alicyclic amines) is 2. The fourth-order valence-electron chi connectivity index (χ4n) is 3.27. The highest BCUT2D eigenvalue weighted by atomic mass is 16.2. The van der Waals surface area contributed by atoms with E-state index in [1.165, 1.54) is 0 Å². The minimum atomic E-state index is -0.0448. The molecule has 3 heterocycles. The maximum Gasteiger partial charge on any atom is 0.242 e. The zero-order valence-electron chi connectivity index (χ0n) is 13.1. The smallest absolute Gasteiger partial charge is 0.242 e. The van der Waals surface area contributed by atoms with Gasteiger partial charge in [0.05, 0.1) is 6.54 Å². The molecule has 0 bridgehead atoms. The third kappa shape index (κ3) is 3.57. The van der Waals surface area contributed by atoms with E-state index >= 15 is 0 Å². The maximum absolute atomic E-state index is 12.4. The molecule has 1 aromatic rings. The van der Waals surface area contributed by atoms with Crippen LogP contribution in [-0.4, -0.2) is 58.6 Å². The van der Waals surface area contributed by atoms with Gasteiger partial charge in [0, 0.05) is 49.9 Å². The van der Waals surface area contributed by atoms with Crippen LogP contribution in [0.4, 0.5) is 0 Å². The molecule has 2 aliphatic rings. The van der Waals surface area contributed by atoms with E-state index in [2.05, 4.69) is 4.98 Å². The van der Waals surface area contributed by atoms with Crippen molar-refractivity contribution < 1.29 is 14.4 Å². The van der Waals surface area contributed by atoms with Crippen LogP contribution in [0.15, 0.2) is 24.5 Å². The second-order valence-electron chi connectivity index (χ2n) is 6.18. The van der Waals surface area contributed by atoms with Crippen molar-refractivity contribution in [2.75, 3.05) is 26.2 Å². The molecule has 0 atom stereocenters. The Labute approximate surface area is 135 Å². The molecule has 0 aromatic carbocycles. The predicted octanol–water partition coefficient (Wildman–Crippen LogP) is 1.13. The minimum absolute atomic E-state index is 0.00692. The average Bonchev–Trinajstić information content (AvgIpc) is 3.00. The number of hydrogen-bond donors (Lipinski definition) is 0. The summed E-state index contributed by atoms with van der Waals surface area (Å²) >= 11 is 0. The lowest BCUT2D eigenvalue weighted by Crippen LogP contribution is -2.45. The molecule has 0 saturated carbocycles. The highest BCUT2D eigenvalue weighted by Crippen LogP contribution is 2.22. The fourth-order valence-corrected chi connectivity index (χ4v) is 3.27. The van der Waals surface area contributed by atoms with E-state index in [0.29, 0.717) is 44.5 Å². The van der Waals surface area contributed by atoms with Gasteiger partial charge in [-0.2, -0.15) is 0 Å². The van der Waals surface area contributed by atoms with Gasteiger partial charge in [-0.25, -0.2) is 0 Å². The van der Waals surface area contributed by atoms with Crippen molar-refractivity contribution in [3.63, 3.8) is 0 Å². The molecule has 2 fully saturated rings. The van der Waals surface area contributed by atoms with Crippen molar-refractivity contribution in [1.29, 1.82) is 0 Å². The Morgan fingerprint density at radius 2 is 2.00 bits per heavy atom. The third-order valence-corrected chi connectivity index (χ3v) is 4.66. The summed E-state index contributed by atoms with van der Waals surface area (Å²) in [4.78, 5) is 43.7. The van der Waals surface area contributed by atoms with E-state index in [1.54, 1.807) is 34.3 Å². The van der Waals surface area contributed by atoms with Crippen LogP contribution in [0.3, 0.4) is 0 Å². The Hall–Kier alpha value is -2.24. The number of carbonyl (C=O) groups is 3. The molecule has 6 nitrogen and oxygen atoms in total. The largest absolute Gasteiger partial charge is 0.341 e. The molecule has 2 saturated heterocycles. The third-order valence-electron chi connectivity index (χ3n) is 4.66. The Balaban J connectivity index is 1.51. The van der Waals surface area contributed by atoms with Crippen molar-refractivity contribution in [2.45, 2.75) is 25.7 Å². The van der Waals surface area contributed by atoms with Crippen LogP contribution in [0.1, 0.15) is 36.0 Å². The molecule has 2 amide bonds. The Morgan fingerprint density at radius 3 is 2.61 bits per heavy atom. The molecule has 0 unspecified atom stereocenters. The van der Waals surface area contributed by atoms with Crippen molar-refractivity contribution in [3.8, 4) is 0 Å². The number of piperidine rings is 1. The number of pyridine rings is 1. The van der Waals surface area contributed by atoms with Crippen molar-refractivity contribution in [3.05, 3.63) is 30.1 Å². The lowest BCUT2D eigenvalue weighted by atomic mass is 9.89. The number of carbonyl (C=O) groups excluding carboxylic acids is 3. The summed E-state index contributed by atoms with van der Waals surface area (Å²) in [5, 5.41) is 0. The number of hydrogen-bond acceptors (Lipinski definition) is 4. The zero-order chi connectivity index (χ0) is 16.2. The normalized spacial score (nSPS) is 19.2. The van der Waals surface area contributed by atoms with Crippen LogP contribution in [0.5, 0.6) is 0 Å². The first kappa shape index (κ1) is 15.6. The minimum Gasteiger partial charge on any atom is -0.341 e. The van der Waals surface area contributed by atoms with Crippen LogP contribution >= 0.6 is 0 Å². The number of rotatable bonds is 4. The second kappa shape index (κ2) is 6.89. The first-order chi connectivity index (χ1) is 11.1. The molecule has 0 radical (unpaired) electrons. The van der Waals surface area contributed by atoms with Gasteiger partial charge in [-0.15, -0.1) is 0 Å². The molecular formula is C17H21N3O3. The molecule has 2 aliphatic heterocycles. The van der Waals surface area contributed by atoms with Gasteiger partial charge in [-0.3, -0.25) is 19.4 Å². The molecule has 6 heteroatoms. The molecule has 0 aliphatic carbocycles. The summed E-state index contributed by atoms with van der Waals surface area (Å²) in [6, 6.07) is 3.55. The molecule has 23 heavy (non-hydrogen) atoms. The lowest BCUT2D eigenvalue weighted by molar-refractivity contribution is -0.139. The predicted molar refractivity (Wildman–Crippen MR) is 83.7 cm³/mol. The molecule has 122 valence electrons. The molecule has 0 N–H and O–H groups in total. The second-order valence-corrected chi connectivity index (χ2v) is 6.18. The van der Waals surface area contributed by atoms with Gasteiger partial charge in [0.25, 0.3) is 0 Å². The fraction of sp³-hybridized carbons (Fsp3) is 0.529. The first-order valence-electron chi connectivity index (χ1n) is 8.15. The molecule has 1 aromatic heterocycles. The summed E-state index contributed by atoms with van der Waals surface area (Å²) in [5.41, 5.74) is 0.639. The maximum atomic E-state index is 12.4. The van der Waals surface area contributed by atoms with Gasteiger partial charge in [-0.05, 0) is 31.4 Å². The summed E-state index contributed by atoms with van der Waals surface area (Å²) in [7, 11) is 0. The lowest BCUT2D eigenvalue weighted by Gasteiger charge is -2.32. The van der Waals surface area contributed by atoms with Crippen LogP contribution in [0.25, 0.3) is 0 Å². The van der Waals surface area contributed by atoms with E-state index in [4.69, 9.17) is 0 Å². The van der Waals surface area contributed by atoms with Crippen LogP contribution < -0.4 is 0 Å². The van der Waals surface area contributed by atoms with E-state index in [9.17, 15) is 14.4 Å². The van der Waals surface area contributed by atoms with Gasteiger partial charge >= 0.3 is 0 Å². The number of Topliss-reactive ketones (excluding diaryl/α,β-unsaturated/α-hetero) is 1. The summed E-state index contributed by atoms with van der Waals surface area (Å²) in [5.74, 6) is 0.129. The molecular weight excluding hydrogens is 294 g/mol. The van der Waals surface area contributed by atoms with Crippen molar-refractivity contribution in [2.24, 2.45) is 5.92 Å². The van der Waals surface area contributed by atoms with E-state index in [-0.39, 0.29) is 30.1 Å². The van der Waals surface area contributed by atoms with E-state index < -0.39 is 0 Å². The Morgan fingerprint density at radius 1 is 1.22 bits per heavy atom. The SMILES string of the molecule is O=C(c1cccnc1)C1CCN(C(=O)CN2CCCC2=O)CC1. The highest BCUT2D eigenvalue weighted by molar-refractivity contribution is 5.97. The van der Waals surface area contributed by atoms with Gasteiger partial charge in [0.2, 0.25) is 11.8 Å². The molecule has 0 spiro atoms. The number of ketones is 1. The van der Waals surface area contributed by atoms with Gasteiger partial charge in [0.1, 0.15) is 0 Å². The van der Waals surface area contributed by atoms with Crippen LogP contribution in [-0.2, 0) is 9.59 Å². The standard InChI is InChI=1S/C17H21N3O3/c21-15-4-2-8-20(15)12-16(22)19-9-5-13(6-10-19)17(23)14-3-1-7-18-11-14/h1,3,7,11,13H,2,4-6,8-10,12H2. The number of nitrogens with zero attached hydrogens (tertiary/aromatic N) is 3. The zero-order valence-corrected chi connectivity index (χ0v) is 13.1. The van der Waals surface area contributed by atoms with Gasteiger partial charge < -0.3 is 9.80 Å².